The molecule has 3 fully saturated rings. The van der Waals surface area contributed by atoms with Crippen molar-refractivity contribution in [1.29, 1.82) is 0 Å². The molecular formula is C26H57N3O. The molecule has 0 bridgehead atoms. The molecule has 3 aliphatic rings. The van der Waals surface area contributed by atoms with Crippen molar-refractivity contribution in [3.8, 4) is 0 Å². The quantitative estimate of drug-likeness (QED) is 0.559. The van der Waals surface area contributed by atoms with Crippen molar-refractivity contribution >= 4 is 0 Å². The highest BCUT2D eigenvalue weighted by Crippen LogP contribution is 2.10. The lowest BCUT2D eigenvalue weighted by molar-refractivity contribution is 0.0329. The van der Waals surface area contributed by atoms with E-state index in [1.54, 1.807) is 0 Å². The fourth-order valence-electron chi connectivity index (χ4n) is 4.44. The molecule has 4 nitrogen and oxygen atoms in total. The number of ether oxygens (including phenoxy) is 1. The molecule has 30 heavy (non-hydrogen) atoms. The van der Waals surface area contributed by atoms with Gasteiger partial charge in [0.25, 0.3) is 0 Å². The van der Waals surface area contributed by atoms with E-state index in [0.29, 0.717) is 0 Å². The van der Waals surface area contributed by atoms with Crippen LogP contribution in [-0.2, 0) is 4.74 Å². The number of nitrogens with zero attached hydrogens (tertiary/aromatic N) is 3. The van der Waals surface area contributed by atoms with Gasteiger partial charge in [0.05, 0.1) is 13.2 Å². The molecular weight excluding hydrogens is 370 g/mol. The predicted octanol–water partition coefficient (Wildman–Crippen LogP) is 5.48. The maximum Gasteiger partial charge on any atom is 0.0594 e. The summed E-state index contributed by atoms with van der Waals surface area (Å²) in [4.78, 5) is 7.62. The van der Waals surface area contributed by atoms with E-state index in [-0.39, 0.29) is 7.43 Å². The third-order valence-electron chi connectivity index (χ3n) is 5.62. The monoisotopic (exact) mass is 427 g/mol. The number of hydrogen-bond acceptors (Lipinski definition) is 4. The molecule has 0 aromatic carbocycles. The topological polar surface area (TPSA) is 19.0 Å². The summed E-state index contributed by atoms with van der Waals surface area (Å²) in [5.74, 6) is 2.49. The van der Waals surface area contributed by atoms with Crippen LogP contribution >= 0.6 is 0 Å². The second-order valence-electron chi connectivity index (χ2n) is 10.5. The van der Waals surface area contributed by atoms with E-state index < -0.39 is 0 Å². The number of morpholine rings is 1. The van der Waals surface area contributed by atoms with Crippen LogP contribution in [0.25, 0.3) is 0 Å². The second kappa shape index (κ2) is 18.4. The standard InChI is InChI=1S/C9H19N.C8H17NO.C8H17N.CH4/c1-9(2)8-10-6-4-3-5-7-10;1-8(2)7-9-3-5-10-6-4-9;1-8(2)7-9-5-3-4-6-9;/h9H,3-8H2,1-2H3;8H,3-7H2,1-2H3;8H,3-7H2,1-2H3;1H4. The number of hydrogen-bond donors (Lipinski definition) is 0. The van der Waals surface area contributed by atoms with Gasteiger partial charge in [-0.15, -0.1) is 0 Å². The van der Waals surface area contributed by atoms with Gasteiger partial charge in [-0.05, 0) is 69.6 Å². The van der Waals surface area contributed by atoms with Crippen molar-refractivity contribution in [2.24, 2.45) is 17.8 Å². The van der Waals surface area contributed by atoms with E-state index in [4.69, 9.17) is 4.74 Å². The van der Waals surface area contributed by atoms with E-state index in [0.717, 1.165) is 44.1 Å². The number of piperidine rings is 1. The fourth-order valence-corrected chi connectivity index (χ4v) is 4.44. The van der Waals surface area contributed by atoms with E-state index in [1.807, 2.05) is 0 Å². The molecule has 0 radical (unpaired) electrons. The lowest BCUT2D eigenvalue weighted by atomic mass is 10.1. The first-order chi connectivity index (χ1) is 13.9. The van der Waals surface area contributed by atoms with Crippen LogP contribution in [0.4, 0.5) is 0 Å². The van der Waals surface area contributed by atoms with Crippen molar-refractivity contribution in [3.05, 3.63) is 0 Å². The average molecular weight is 428 g/mol. The molecule has 0 spiro atoms. The molecule has 182 valence electrons. The van der Waals surface area contributed by atoms with Crippen LogP contribution in [0.2, 0.25) is 0 Å². The Morgan fingerprint density at radius 1 is 0.500 bits per heavy atom. The molecule has 4 heteroatoms. The van der Waals surface area contributed by atoms with Gasteiger partial charge < -0.3 is 14.5 Å². The van der Waals surface area contributed by atoms with Gasteiger partial charge in [-0.1, -0.05) is 55.4 Å². The van der Waals surface area contributed by atoms with Gasteiger partial charge in [-0.3, -0.25) is 4.90 Å². The lowest BCUT2D eigenvalue weighted by Gasteiger charge is -2.27. The summed E-state index contributed by atoms with van der Waals surface area (Å²) in [5, 5.41) is 0. The van der Waals surface area contributed by atoms with Crippen LogP contribution in [0.5, 0.6) is 0 Å². The zero-order chi connectivity index (χ0) is 21.5. The van der Waals surface area contributed by atoms with Crippen molar-refractivity contribution in [2.45, 2.75) is 81.1 Å². The summed E-state index contributed by atoms with van der Waals surface area (Å²) < 4.78 is 5.24. The van der Waals surface area contributed by atoms with Gasteiger partial charge in [-0.25, -0.2) is 0 Å². The van der Waals surface area contributed by atoms with Gasteiger partial charge in [0, 0.05) is 32.7 Å². The van der Waals surface area contributed by atoms with Gasteiger partial charge in [0.1, 0.15) is 0 Å². The molecule has 0 saturated carbocycles. The van der Waals surface area contributed by atoms with Gasteiger partial charge in [0.2, 0.25) is 0 Å². The minimum absolute atomic E-state index is 0. The summed E-state index contributed by atoms with van der Waals surface area (Å²) in [6.45, 7) is 27.0. The second-order valence-corrected chi connectivity index (χ2v) is 10.5. The summed E-state index contributed by atoms with van der Waals surface area (Å²) >= 11 is 0. The molecule has 0 amide bonds. The molecule has 0 atom stereocenters. The molecule has 3 aliphatic heterocycles. The summed E-state index contributed by atoms with van der Waals surface area (Å²) in [6, 6.07) is 0. The van der Waals surface area contributed by atoms with Crippen molar-refractivity contribution in [2.75, 3.05) is 72.1 Å². The van der Waals surface area contributed by atoms with Crippen LogP contribution < -0.4 is 0 Å². The smallest absolute Gasteiger partial charge is 0.0594 e. The largest absolute Gasteiger partial charge is 0.379 e. The Balaban J connectivity index is 0.000000414. The highest BCUT2D eigenvalue weighted by molar-refractivity contribution is 4.67. The summed E-state index contributed by atoms with van der Waals surface area (Å²) in [7, 11) is 0. The van der Waals surface area contributed by atoms with Crippen molar-refractivity contribution < 1.29 is 4.74 Å². The molecule has 0 unspecified atom stereocenters. The van der Waals surface area contributed by atoms with Crippen LogP contribution in [0.1, 0.15) is 81.1 Å². The molecule has 0 aromatic rings. The fraction of sp³-hybridized carbons (Fsp3) is 1.00. The first kappa shape index (κ1) is 29.8. The normalized spacial score (nSPS) is 21.1. The molecule has 0 aliphatic carbocycles. The predicted molar refractivity (Wildman–Crippen MR) is 134 cm³/mol. The molecule has 3 rings (SSSR count). The van der Waals surface area contributed by atoms with E-state index in [1.165, 1.54) is 77.9 Å². The Bertz CT molecular complexity index is 331. The Morgan fingerprint density at radius 3 is 1.13 bits per heavy atom. The van der Waals surface area contributed by atoms with E-state index in [2.05, 4.69) is 56.2 Å². The zero-order valence-corrected chi connectivity index (χ0v) is 20.8. The molecule has 3 heterocycles. The van der Waals surface area contributed by atoms with Gasteiger partial charge >= 0.3 is 0 Å². The first-order valence-corrected chi connectivity index (χ1v) is 12.6. The number of rotatable bonds is 6. The van der Waals surface area contributed by atoms with Crippen molar-refractivity contribution in [1.82, 2.24) is 14.7 Å². The SMILES string of the molecule is C.CC(C)CN1CCCC1.CC(C)CN1CCCCC1.CC(C)CN1CCOCC1. The average Bonchev–Trinajstić information content (AvgIpc) is 3.16. The zero-order valence-electron chi connectivity index (χ0n) is 20.8. The summed E-state index contributed by atoms with van der Waals surface area (Å²) in [5.41, 5.74) is 0. The van der Waals surface area contributed by atoms with Crippen LogP contribution in [0, 0.1) is 17.8 Å². The Hall–Kier alpha value is -0.160. The highest BCUT2D eigenvalue weighted by atomic mass is 16.5. The Morgan fingerprint density at radius 2 is 0.800 bits per heavy atom. The van der Waals surface area contributed by atoms with Gasteiger partial charge in [-0.2, -0.15) is 0 Å². The maximum absolute atomic E-state index is 5.24. The van der Waals surface area contributed by atoms with E-state index in [9.17, 15) is 0 Å². The first-order valence-electron chi connectivity index (χ1n) is 12.6. The Kier molecular flexibility index (Phi) is 18.3. The van der Waals surface area contributed by atoms with Crippen LogP contribution in [0.15, 0.2) is 0 Å². The molecule has 0 aromatic heterocycles. The molecule has 0 N–H and O–H groups in total. The minimum Gasteiger partial charge on any atom is -0.379 e. The van der Waals surface area contributed by atoms with Crippen molar-refractivity contribution in [3.63, 3.8) is 0 Å². The number of likely N-dealkylation sites (tertiary alicyclic amines) is 2. The van der Waals surface area contributed by atoms with Gasteiger partial charge in [0.15, 0.2) is 0 Å². The third-order valence-corrected chi connectivity index (χ3v) is 5.62. The maximum atomic E-state index is 5.24. The lowest BCUT2D eigenvalue weighted by Crippen LogP contribution is -2.38. The van der Waals surface area contributed by atoms with E-state index >= 15 is 0 Å². The van der Waals surface area contributed by atoms with Crippen LogP contribution in [0.3, 0.4) is 0 Å². The molecule has 3 saturated heterocycles. The Labute approximate surface area is 190 Å². The highest BCUT2D eigenvalue weighted by Gasteiger charge is 2.12. The summed E-state index contributed by atoms with van der Waals surface area (Å²) in [6.07, 6.45) is 7.15. The minimum atomic E-state index is 0. The third kappa shape index (κ3) is 16.5. The van der Waals surface area contributed by atoms with Crippen LogP contribution in [-0.4, -0.2) is 86.8 Å².